The van der Waals surface area contributed by atoms with E-state index < -0.39 is 10.0 Å². The molecular weight excluding hydrogens is 420 g/mol. The first-order valence-electron chi connectivity index (χ1n) is 10.7. The molecule has 6 heteroatoms. The number of rotatable bonds is 8. The third kappa shape index (κ3) is 5.98. The molecule has 0 aliphatic heterocycles. The summed E-state index contributed by atoms with van der Waals surface area (Å²) in [5, 5.41) is 3.08. The van der Waals surface area contributed by atoms with Gasteiger partial charge in [0.25, 0.3) is 5.91 Å². The molecule has 0 heterocycles. The van der Waals surface area contributed by atoms with Crippen LogP contribution in [-0.2, 0) is 16.6 Å². The van der Waals surface area contributed by atoms with E-state index in [0.29, 0.717) is 11.3 Å². The molecule has 1 unspecified atom stereocenters. The van der Waals surface area contributed by atoms with E-state index in [9.17, 15) is 13.2 Å². The van der Waals surface area contributed by atoms with Crippen molar-refractivity contribution in [1.29, 1.82) is 0 Å². The lowest BCUT2D eigenvalue weighted by molar-refractivity contribution is 0.0935. The average Bonchev–Trinajstić information content (AvgIpc) is 2.75. The standard InChI is InChI=1S/C26H30N2O3S/c1-5-25(22-9-7-6-8-10-22)27-26(29)23-13-11-21(12-14-23)18-28(32(4,30)31)24-16-19(2)15-20(3)17-24/h6-17,25H,5,18H2,1-4H3,(H,27,29). The van der Waals surface area contributed by atoms with Gasteiger partial charge in [0.1, 0.15) is 0 Å². The lowest BCUT2D eigenvalue weighted by Crippen LogP contribution is -2.30. The summed E-state index contributed by atoms with van der Waals surface area (Å²) < 4.78 is 26.4. The molecule has 0 aromatic heterocycles. The Balaban J connectivity index is 1.77. The molecule has 0 fully saturated rings. The van der Waals surface area contributed by atoms with Crippen molar-refractivity contribution in [3.05, 3.63) is 101 Å². The number of benzene rings is 3. The van der Waals surface area contributed by atoms with Gasteiger partial charge < -0.3 is 5.32 Å². The first-order valence-corrected chi connectivity index (χ1v) is 12.5. The van der Waals surface area contributed by atoms with Crippen LogP contribution in [0.2, 0.25) is 0 Å². The van der Waals surface area contributed by atoms with Gasteiger partial charge in [0.15, 0.2) is 0 Å². The van der Waals surface area contributed by atoms with E-state index in [1.807, 2.05) is 69.3 Å². The second-order valence-electron chi connectivity index (χ2n) is 8.16. The van der Waals surface area contributed by atoms with Crippen molar-refractivity contribution in [3.63, 3.8) is 0 Å². The number of hydrogen-bond donors (Lipinski definition) is 1. The molecule has 0 aliphatic carbocycles. The molecule has 0 aliphatic rings. The zero-order valence-electron chi connectivity index (χ0n) is 19.0. The van der Waals surface area contributed by atoms with Gasteiger partial charge in [-0.25, -0.2) is 8.42 Å². The van der Waals surface area contributed by atoms with Crippen molar-refractivity contribution in [2.75, 3.05) is 10.6 Å². The van der Waals surface area contributed by atoms with Gasteiger partial charge >= 0.3 is 0 Å². The Hall–Kier alpha value is -3.12. The third-order valence-corrected chi connectivity index (χ3v) is 6.49. The zero-order chi connectivity index (χ0) is 23.3. The molecule has 0 radical (unpaired) electrons. The van der Waals surface area contributed by atoms with Crippen LogP contribution in [0, 0.1) is 13.8 Å². The van der Waals surface area contributed by atoms with Crippen LogP contribution in [0.1, 0.15) is 52.0 Å². The highest BCUT2D eigenvalue weighted by atomic mass is 32.2. The number of aryl methyl sites for hydroxylation is 2. The van der Waals surface area contributed by atoms with Gasteiger partial charge in [-0.05, 0) is 66.8 Å². The molecule has 5 nitrogen and oxygen atoms in total. The highest BCUT2D eigenvalue weighted by Gasteiger charge is 2.19. The fraction of sp³-hybridized carbons (Fsp3) is 0.269. The molecule has 1 N–H and O–H groups in total. The van der Waals surface area contributed by atoms with E-state index in [2.05, 4.69) is 5.32 Å². The van der Waals surface area contributed by atoms with Crippen LogP contribution in [0.15, 0.2) is 72.8 Å². The minimum absolute atomic E-state index is 0.0614. The Bertz CT molecular complexity index is 1150. The summed E-state index contributed by atoms with van der Waals surface area (Å²) in [5.41, 5.74) is 5.06. The molecule has 168 valence electrons. The highest BCUT2D eigenvalue weighted by Crippen LogP contribution is 2.24. The number of anilines is 1. The largest absolute Gasteiger partial charge is 0.345 e. The fourth-order valence-corrected chi connectivity index (χ4v) is 4.64. The fourth-order valence-electron chi connectivity index (χ4n) is 3.77. The van der Waals surface area contributed by atoms with Gasteiger partial charge in [-0.1, -0.05) is 55.5 Å². The average molecular weight is 451 g/mol. The van der Waals surface area contributed by atoms with Crippen molar-refractivity contribution in [2.24, 2.45) is 0 Å². The van der Waals surface area contributed by atoms with E-state index in [1.54, 1.807) is 24.3 Å². The summed E-state index contributed by atoms with van der Waals surface area (Å²) in [6, 6.07) is 22.7. The van der Waals surface area contributed by atoms with E-state index in [-0.39, 0.29) is 18.5 Å². The summed E-state index contributed by atoms with van der Waals surface area (Å²) in [6.45, 7) is 6.13. The molecule has 3 aromatic carbocycles. The molecule has 0 spiro atoms. The molecule has 0 saturated heterocycles. The molecule has 1 atom stereocenters. The van der Waals surface area contributed by atoms with Gasteiger partial charge in [-0.2, -0.15) is 0 Å². The normalized spacial score (nSPS) is 12.2. The second kappa shape index (κ2) is 10.0. The smallest absolute Gasteiger partial charge is 0.251 e. The van der Waals surface area contributed by atoms with Crippen molar-refractivity contribution < 1.29 is 13.2 Å². The van der Waals surface area contributed by atoms with Crippen molar-refractivity contribution in [1.82, 2.24) is 5.32 Å². The van der Waals surface area contributed by atoms with E-state index >= 15 is 0 Å². The maximum atomic E-state index is 12.8. The maximum absolute atomic E-state index is 12.8. The molecular formula is C26H30N2O3S. The number of hydrogen-bond acceptors (Lipinski definition) is 3. The molecule has 3 rings (SSSR count). The molecule has 32 heavy (non-hydrogen) atoms. The number of nitrogens with zero attached hydrogens (tertiary/aromatic N) is 1. The molecule has 3 aromatic rings. The summed E-state index contributed by atoms with van der Waals surface area (Å²) in [5.74, 6) is -0.151. The van der Waals surface area contributed by atoms with Gasteiger partial charge in [-0.15, -0.1) is 0 Å². The molecule has 1 amide bonds. The Morgan fingerprint density at radius 2 is 1.53 bits per heavy atom. The summed E-state index contributed by atoms with van der Waals surface area (Å²) in [6.07, 6.45) is 1.99. The van der Waals surface area contributed by atoms with Crippen LogP contribution in [0.4, 0.5) is 5.69 Å². The van der Waals surface area contributed by atoms with Crippen LogP contribution in [-0.4, -0.2) is 20.6 Å². The first kappa shape index (κ1) is 23.5. The van der Waals surface area contributed by atoms with E-state index in [0.717, 1.165) is 28.7 Å². The molecule has 0 saturated carbocycles. The Morgan fingerprint density at radius 3 is 2.06 bits per heavy atom. The molecule has 0 bridgehead atoms. The third-order valence-electron chi connectivity index (χ3n) is 5.35. The Morgan fingerprint density at radius 1 is 0.938 bits per heavy atom. The lowest BCUT2D eigenvalue weighted by atomic mass is 10.0. The Labute approximate surface area is 191 Å². The summed E-state index contributed by atoms with van der Waals surface area (Å²) in [4.78, 5) is 12.8. The zero-order valence-corrected chi connectivity index (χ0v) is 19.8. The van der Waals surface area contributed by atoms with Crippen LogP contribution < -0.4 is 9.62 Å². The van der Waals surface area contributed by atoms with Crippen molar-refractivity contribution in [2.45, 2.75) is 39.8 Å². The topological polar surface area (TPSA) is 66.5 Å². The quantitative estimate of drug-likeness (QED) is 0.516. The van der Waals surface area contributed by atoms with E-state index in [1.165, 1.54) is 10.6 Å². The van der Waals surface area contributed by atoms with Crippen molar-refractivity contribution >= 4 is 21.6 Å². The van der Waals surface area contributed by atoms with Crippen LogP contribution in [0.3, 0.4) is 0 Å². The van der Waals surface area contributed by atoms with Gasteiger partial charge in [-0.3, -0.25) is 9.10 Å². The number of carbonyl (C=O) groups is 1. The predicted molar refractivity (Wildman–Crippen MR) is 130 cm³/mol. The maximum Gasteiger partial charge on any atom is 0.251 e. The highest BCUT2D eigenvalue weighted by molar-refractivity contribution is 7.92. The minimum atomic E-state index is -3.47. The second-order valence-corrected chi connectivity index (χ2v) is 10.1. The number of carbonyl (C=O) groups excluding carboxylic acids is 1. The van der Waals surface area contributed by atoms with E-state index in [4.69, 9.17) is 0 Å². The van der Waals surface area contributed by atoms with Crippen molar-refractivity contribution in [3.8, 4) is 0 Å². The first-order chi connectivity index (χ1) is 15.2. The van der Waals surface area contributed by atoms with Gasteiger partial charge in [0, 0.05) is 5.56 Å². The van der Waals surface area contributed by atoms with Gasteiger partial charge in [0.05, 0.1) is 24.5 Å². The monoisotopic (exact) mass is 450 g/mol. The SMILES string of the molecule is CCC(NC(=O)c1ccc(CN(c2cc(C)cc(C)c2)S(C)(=O)=O)cc1)c1ccccc1. The number of amides is 1. The summed E-state index contributed by atoms with van der Waals surface area (Å²) in [7, 11) is -3.47. The van der Waals surface area contributed by atoms with Crippen LogP contribution in [0.5, 0.6) is 0 Å². The Kier molecular flexibility index (Phi) is 7.36. The van der Waals surface area contributed by atoms with Crippen LogP contribution in [0.25, 0.3) is 0 Å². The van der Waals surface area contributed by atoms with Crippen LogP contribution >= 0.6 is 0 Å². The number of nitrogens with one attached hydrogen (secondary N) is 1. The lowest BCUT2D eigenvalue weighted by Gasteiger charge is -2.23. The minimum Gasteiger partial charge on any atom is -0.345 e. The number of sulfonamides is 1. The summed E-state index contributed by atoms with van der Waals surface area (Å²) >= 11 is 0. The van der Waals surface area contributed by atoms with Gasteiger partial charge in [0.2, 0.25) is 10.0 Å². The predicted octanol–water partition coefficient (Wildman–Crippen LogP) is 5.15.